The normalized spacial score (nSPS) is 22.0. The molecule has 1 aliphatic heterocycles. The fourth-order valence-electron chi connectivity index (χ4n) is 5.25. The molecule has 2 saturated carbocycles. The van der Waals surface area contributed by atoms with Gasteiger partial charge in [0.05, 0.1) is 6.20 Å². The maximum Gasteiger partial charge on any atom is 0.324 e. The molecule has 2 aliphatic carbocycles. The molecule has 6 nitrogen and oxygen atoms in total. The third kappa shape index (κ3) is 5.05. The molecule has 29 heavy (non-hydrogen) atoms. The first-order valence-corrected chi connectivity index (χ1v) is 12.3. The summed E-state index contributed by atoms with van der Waals surface area (Å²) in [5, 5.41) is 3.52. The molecule has 0 unspecified atom stereocenters. The number of urea groups is 1. The van der Waals surface area contributed by atoms with E-state index in [9.17, 15) is 9.59 Å². The van der Waals surface area contributed by atoms with Crippen LogP contribution in [0, 0.1) is 5.92 Å². The summed E-state index contributed by atoms with van der Waals surface area (Å²) in [6.45, 7) is 1.53. The van der Waals surface area contributed by atoms with Crippen LogP contribution < -0.4 is 5.32 Å². The second kappa shape index (κ2) is 9.65. The van der Waals surface area contributed by atoms with E-state index in [1.807, 2.05) is 4.90 Å². The van der Waals surface area contributed by atoms with Crippen LogP contribution in [0.1, 0.15) is 70.6 Å². The van der Waals surface area contributed by atoms with Gasteiger partial charge in [0, 0.05) is 31.1 Å². The molecule has 3 aliphatic rings. The Bertz CT molecular complexity index is 707. The second-order valence-corrected chi connectivity index (χ2v) is 10.3. The van der Waals surface area contributed by atoms with E-state index in [1.54, 1.807) is 6.20 Å². The number of thiazole rings is 1. The molecule has 0 radical (unpaired) electrons. The van der Waals surface area contributed by atoms with Crippen LogP contribution in [0.2, 0.25) is 4.34 Å². The minimum atomic E-state index is -0.0662. The van der Waals surface area contributed by atoms with Gasteiger partial charge in [-0.15, -0.1) is 0 Å². The fourth-order valence-corrected chi connectivity index (χ4v) is 6.05. The standard InChI is InChI=1S/C21H31ClN4O2S/c22-18-14-23-20(29-18)24-21(28)26(16-8-2-1-3-9-16)17-10-12-25(13-11-17)19(27)15-6-4-5-7-15/h14-17H,1-13H2,(H,23,24,28). The molecule has 0 aromatic carbocycles. The van der Waals surface area contributed by atoms with E-state index in [-0.39, 0.29) is 24.0 Å². The van der Waals surface area contributed by atoms with Crippen LogP contribution >= 0.6 is 22.9 Å². The minimum Gasteiger partial charge on any atom is -0.342 e. The van der Waals surface area contributed by atoms with Gasteiger partial charge in [-0.2, -0.15) is 0 Å². The predicted octanol–water partition coefficient (Wildman–Crippen LogP) is 5.14. The summed E-state index contributed by atoms with van der Waals surface area (Å²) in [6.07, 6.45) is 13.5. The van der Waals surface area contributed by atoms with Crippen LogP contribution in [0.5, 0.6) is 0 Å². The predicted molar refractivity (Wildman–Crippen MR) is 116 cm³/mol. The molecule has 0 bridgehead atoms. The molecule has 160 valence electrons. The van der Waals surface area contributed by atoms with E-state index >= 15 is 0 Å². The molecule has 4 rings (SSSR count). The molecular formula is C21H31ClN4O2S. The Balaban J connectivity index is 1.40. The van der Waals surface area contributed by atoms with Gasteiger partial charge < -0.3 is 9.80 Å². The van der Waals surface area contributed by atoms with Gasteiger partial charge in [-0.1, -0.05) is 55.0 Å². The molecule has 3 amide bonds. The zero-order valence-electron chi connectivity index (χ0n) is 16.9. The summed E-state index contributed by atoms with van der Waals surface area (Å²) in [7, 11) is 0. The van der Waals surface area contributed by atoms with E-state index < -0.39 is 0 Å². The van der Waals surface area contributed by atoms with Crippen molar-refractivity contribution >= 4 is 40.0 Å². The lowest BCUT2D eigenvalue weighted by Gasteiger charge is -2.43. The van der Waals surface area contributed by atoms with Gasteiger partial charge in [0.2, 0.25) is 5.91 Å². The number of nitrogens with zero attached hydrogens (tertiary/aromatic N) is 3. The van der Waals surface area contributed by atoms with Gasteiger partial charge in [0.1, 0.15) is 4.34 Å². The van der Waals surface area contributed by atoms with Gasteiger partial charge in [-0.05, 0) is 38.5 Å². The SMILES string of the molecule is O=C(C1CCCC1)N1CCC(N(C(=O)Nc2ncc(Cl)s2)C2CCCCC2)CC1. The Morgan fingerprint density at radius 2 is 1.62 bits per heavy atom. The number of hydrogen-bond acceptors (Lipinski definition) is 4. The number of aromatic nitrogens is 1. The number of carbonyl (C=O) groups is 2. The van der Waals surface area contributed by atoms with Gasteiger partial charge in [0.15, 0.2) is 5.13 Å². The summed E-state index contributed by atoms with van der Waals surface area (Å²) in [5.41, 5.74) is 0. The average molecular weight is 439 g/mol. The minimum absolute atomic E-state index is 0.0662. The molecule has 3 fully saturated rings. The fraction of sp³-hybridized carbons (Fsp3) is 0.762. The summed E-state index contributed by atoms with van der Waals surface area (Å²) in [5.74, 6) is 0.575. The van der Waals surface area contributed by atoms with Crippen molar-refractivity contribution in [3.05, 3.63) is 10.5 Å². The zero-order chi connectivity index (χ0) is 20.2. The Morgan fingerprint density at radius 3 is 2.24 bits per heavy atom. The topological polar surface area (TPSA) is 65.5 Å². The number of carbonyl (C=O) groups excluding carboxylic acids is 2. The van der Waals surface area contributed by atoms with Crippen molar-refractivity contribution in [1.82, 2.24) is 14.8 Å². The molecule has 0 spiro atoms. The lowest BCUT2D eigenvalue weighted by molar-refractivity contribution is -0.136. The molecule has 1 saturated heterocycles. The third-order valence-electron chi connectivity index (χ3n) is 6.77. The number of rotatable bonds is 4. The lowest BCUT2D eigenvalue weighted by Crippen LogP contribution is -2.54. The highest BCUT2D eigenvalue weighted by Crippen LogP contribution is 2.32. The third-order valence-corrected chi connectivity index (χ3v) is 7.80. The number of piperidine rings is 1. The maximum absolute atomic E-state index is 13.2. The summed E-state index contributed by atoms with van der Waals surface area (Å²) >= 11 is 7.26. The molecule has 1 aromatic heterocycles. The summed E-state index contributed by atoms with van der Waals surface area (Å²) in [4.78, 5) is 34.3. The number of likely N-dealkylation sites (tertiary alicyclic amines) is 1. The number of amides is 3. The average Bonchev–Trinajstić information content (AvgIpc) is 3.41. The van der Waals surface area contributed by atoms with E-state index in [0.29, 0.717) is 15.4 Å². The first kappa shape index (κ1) is 20.9. The molecule has 8 heteroatoms. The number of halogens is 1. The van der Waals surface area contributed by atoms with Crippen LogP contribution in [-0.2, 0) is 4.79 Å². The van der Waals surface area contributed by atoms with E-state index in [0.717, 1.165) is 51.6 Å². The Hall–Kier alpha value is -1.34. The number of anilines is 1. The smallest absolute Gasteiger partial charge is 0.324 e. The van der Waals surface area contributed by atoms with Crippen molar-refractivity contribution in [3.8, 4) is 0 Å². The van der Waals surface area contributed by atoms with Crippen molar-refractivity contribution < 1.29 is 9.59 Å². The van der Waals surface area contributed by atoms with Crippen molar-refractivity contribution in [2.75, 3.05) is 18.4 Å². The van der Waals surface area contributed by atoms with Crippen LogP contribution in [0.15, 0.2) is 6.20 Å². The zero-order valence-corrected chi connectivity index (χ0v) is 18.5. The molecule has 2 heterocycles. The number of hydrogen-bond donors (Lipinski definition) is 1. The summed E-state index contributed by atoms with van der Waals surface area (Å²) in [6, 6.07) is 0.394. The second-order valence-electron chi connectivity index (χ2n) is 8.64. The van der Waals surface area contributed by atoms with E-state index in [2.05, 4.69) is 15.2 Å². The van der Waals surface area contributed by atoms with Gasteiger partial charge >= 0.3 is 6.03 Å². The highest BCUT2D eigenvalue weighted by Gasteiger charge is 2.36. The Kier molecular flexibility index (Phi) is 6.96. The van der Waals surface area contributed by atoms with E-state index in [1.165, 1.54) is 43.4 Å². The van der Waals surface area contributed by atoms with Crippen molar-refractivity contribution in [3.63, 3.8) is 0 Å². The highest BCUT2D eigenvalue weighted by atomic mass is 35.5. The van der Waals surface area contributed by atoms with Crippen molar-refractivity contribution in [2.24, 2.45) is 5.92 Å². The lowest BCUT2D eigenvalue weighted by atomic mass is 9.91. The van der Waals surface area contributed by atoms with Crippen LogP contribution in [0.25, 0.3) is 0 Å². The Labute approximate surface area is 182 Å². The van der Waals surface area contributed by atoms with Gasteiger partial charge in [-0.3, -0.25) is 10.1 Å². The summed E-state index contributed by atoms with van der Waals surface area (Å²) < 4.78 is 0.572. The first-order chi connectivity index (χ1) is 14.1. The largest absolute Gasteiger partial charge is 0.342 e. The first-order valence-electron chi connectivity index (χ1n) is 11.1. The van der Waals surface area contributed by atoms with Crippen LogP contribution in [-0.4, -0.2) is 51.9 Å². The molecular weight excluding hydrogens is 408 g/mol. The van der Waals surface area contributed by atoms with Crippen molar-refractivity contribution in [1.29, 1.82) is 0 Å². The molecule has 1 aromatic rings. The quantitative estimate of drug-likeness (QED) is 0.707. The monoisotopic (exact) mass is 438 g/mol. The van der Waals surface area contributed by atoms with Gasteiger partial charge in [0.25, 0.3) is 0 Å². The van der Waals surface area contributed by atoms with Gasteiger partial charge in [-0.25, -0.2) is 9.78 Å². The maximum atomic E-state index is 13.2. The van der Waals surface area contributed by atoms with E-state index in [4.69, 9.17) is 11.6 Å². The Morgan fingerprint density at radius 1 is 1.00 bits per heavy atom. The van der Waals surface area contributed by atoms with Crippen LogP contribution in [0.3, 0.4) is 0 Å². The highest BCUT2D eigenvalue weighted by molar-refractivity contribution is 7.19. The molecule has 1 N–H and O–H groups in total. The molecule has 0 atom stereocenters. The van der Waals surface area contributed by atoms with Crippen molar-refractivity contribution in [2.45, 2.75) is 82.7 Å². The van der Waals surface area contributed by atoms with Crippen LogP contribution in [0.4, 0.5) is 9.93 Å². The number of nitrogens with one attached hydrogen (secondary N) is 1.